The monoisotopic (exact) mass is 424 g/mol. The first kappa shape index (κ1) is 22.2. The van der Waals surface area contributed by atoms with Crippen LogP contribution in [0, 0.1) is 0 Å². The maximum Gasteiger partial charge on any atom is 0.417 e. The summed E-state index contributed by atoms with van der Waals surface area (Å²) in [5, 5.41) is 14.0. The van der Waals surface area contributed by atoms with Gasteiger partial charge >= 0.3 is 6.09 Å². The molecule has 1 heterocycles. The van der Waals surface area contributed by atoms with E-state index < -0.39 is 23.6 Å². The molecule has 0 aliphatic carbocycles. The summed E-state index contributed by atoms with van der Waals surface area (Å²) in [5.41, 5.74) is 0.625. The van der Waals surface area contributed by atoms with Crippen molar-refractivity contribution in [3.8, 4) is 0 Å². The third kappa shape index (κ3) is 4.83. The molecule has 0 aromatic heterocycles. The van der Waals surface area contributed by atoms with Gasteiger partial charge in [-0.2, -0.15) is 0 Å². The van der Waals surface area contributed by atoms with Gasteiger partial charge in [0.1, 0.15) is 21.9 Å². The van der Waals surface area contributed by atoms with Crippen LogP contribution < -0.4 is 5.32 Å². The maximum atomic E-state index is 13.0. The SMILES string of the molecule is CCc1c(Cl)cccc1NC(=S)C1=C(O)C[C@@H](C)N(C(=O)OC(C)(C)C)C1=O. The quantitative estimate of drug-likeness (QED) is 0.664. The number of carbonyl (C=O) groups is 2. The van der Waals surface area contributed by atoms with Crippen LogP contribution in [0.4, 0.5) is 10.5 Å². The number of thiocarbonyl (C=S) groups is 1. The van der Waals surface area contributed by atoms with Gasteiger partial charge in [0.05, 0.1) is 0 Å². The molecule has 1 atom stereocenters. The molecule has 0 unspecified atom stereocenters. The molecule has 1 aromatic carbocycles. The number of rotatable bonds is 3. The number of nitrogens with zero attached hydrogens (tertiary/aromatic N) is 1. The van der Waals surface area contributed by atoms with Gasteiger partial charge in [-0.05, 0) is 51.8 Å². The fourth-order valence-corrected chi connectivity index (χ4v) is 3.56. The van der Waals surface area contributed by atoms with Crippen molar-refractivity contribution in [1.82, 2.24) is 4.90 Å². The van der Waals surface area contributed by atoms with E-state index in [-0.39, 0.29) is 22.7 Å². The standard InChI is InChI=1S/C20H25ClN2O4S/c1-6-12-13(21)8-7-9-14(12)22-17(28)16-15(24)10-11(2)23(18(16)25)19(26)27-20(3,4)5/h7-9,11,24H,6,10H2,1-5H3,(H,22,28)/t11-/m1/s1. The Morgan fingerprint density at radius 1 is 1.43 bits per heavy atom. The lowest BCUT2D eigenvalue weighted by Gasteiger charge is -2.34. The Balaban J connectivity index is 2.32. The van der Waals surface area contributed by atoms with Gasteiger partial charge in [0.2, 0.25) is 0 Å². The van der Waals surface area contributed by atoms with Crippen molar-refractivity contribution in [2.75, 3.05) is 5.32 Å². The van der Waals surface area contributed by atoms with E-state index in [1.54, 1.807) is 45.9 Å². The predicted octanol–water partition coefficient (Wildman–Crippen LogP) is 5.01. The molecule has 0 spiro atoms. The van der Waals surface area contributed by atoms with Crippen molar-refractivity contribution in [1.29, 1.82) is 0 Å². The molecule has 1 aliphatic heterocycles. The van der Waals surface area contributed by atoms with Crippen molar-refractivity contribution in [3.63, 3.8) is 0 Å². The van der Waals surface area contributed by atoms with Gasteiger partial charge in [-0.15, -0.1) is 0 Å². The Morgan fingerprint density at radius 3 is 2.64 bits per heavy atom. The van der Waals surface area contributed by atoms with Crippen LogP contribution in [0.15, 0.2) is 29.5 Å². The molecule has 0 radical (unpaired) electrons. The molecular formula is C20H25ClN2O4S. The van der Waals surface area contributed by atoms with E-state index in [9.17, 15) is 14.7 Å². The molecule has 6 nitrogen and oxygen atoms in total. The Morgan fingerprint density at radius 2 is 2.07 bits per heavy atom. The predicted molar refractivity (Wildman–Crippen MR) is 114 cm³/mol. The van der Waals surface area contributed by atoms with Crippen LogP contribution in [0.5, 0.6) is 0 Å². The number of anilines is 1. The van der Waals surface area contributed by atoms with E-state index in [0.29, 0.717) is 17.1 Å². The lowest BCUT2D eigenvalue weighted by atomic mass is 10.0. The number of ether oxygens (including phenoxy) is 1. The highest BCUT2D eigenvalue weighted by Crippen LogP contribution is 2.29. The third-order valence-corrected chi connectivity index (χ3v) is 4.85. The summed E-state index contributed by atoms with van der Waals surface area (Å²) in [7, 11) is 0. The fourth-order valence-electron chi connectivity index (χ4n) is 2.94. The highest BCUT2D eigenvalue weighted by Gasteiger charge is 2.40. The largest absolute Gasteiger partial charge is 0.511 e. The number of carbonyl (C=O) groups excluding carboxylic acids is 2. The lowest BCUT2D eigenvalue weighted by Crippen LogP contribution is -2.50. The summed E-state index contributed by atoms with van der Waals surface area (Å²) in [6, 6.07) is 4.77. The number of benzene rings is 1. The zero-order valence-electron chi connectivity index (χ0n) is 16.6. The van der Waals surface area contributed by atoms with Crippen LogP contribution in [0.2, 0.25) is 5.02 Å². The van der Waals surface area contributed by atoms with E-state index in [2.05, 4.69) is 5.32 Å². The van der Waals surface area contributed by atoms with Crippen molar-refractivity contribution < 1.29 is 19.4 Å². The second kappa shape index (κ2) is 8.49. The van der Waals surface area contributed by atoms with Crippen molar-refractivity contribution >= 4 is 46.5 Å². The summed E-state index contributed by atoms with van der Waals surface area (Å²) in [6.45, 7) is 8.77. The van der Waals surface area contributed by atoms with Gasteiger partial charge in [0.15, 0.2) is 0 Å². The molecule has 28 heavy (non-hydrogen) atoms. The molecule has 2 N–H and O–H groups in total. The van der Waals surface area contributed by atoms with Crippen LogP contribution in [0.25, 0.3) is 0 Å². The van der Waals surface area contributed by atoms with Crippen LogP contribution in [0.1, 0.15) is 46.6 Å². The van der Waals surface area contributed by atoms with Gasteiger partial charge in [-0.1, -0.05) is 36.8 Å². The Bertz CT molecular complexity index is 845. The van der Waals surface area contributed by atoms with Gasteiger partial charge < -0.3 is 15.2 Å². The minimum Gasteiger partial charge on any atom is -0.511 e. The summed E-state index contributed by atoms with van der Waals surface area (Å²) in [4.78, 5) is 26.5. The Kier molecular flexibility index (Phi) is 6.72. The highest BCUT2D eigenvalue weighted by molar-refractivity contribution is 7.81. The second-order valence-electron chi connectivity index (χ2n) is 7.60. The number of aliphatic hydroxyl groups is 1. The average Bonchev–Trinajstić information content (AvgIpc) is 2.52. The van der Waals surface area contributed by atoms with Crippen LogP contribution in [0.3, 0.4) is 0 Å². The zero-order chi connectivity index (χ0) is 21.2. The number of hydrogen-bond donors (Lipinski definition) is 2. The fraction of sp³-hybridized carbons (Fsp3) is 0.450. The normalized spacial score (nSPS) is 17.6. The summed E-state index contributed by atoms with van der Waals surface area (Å²) >= 11 is 11.6. The number of halogens is 1. The number of hydrogen-bond acceptors (Lipinski definition) is 5. The van der Waals surface area contributed by atoms with Crippen LogP contribution in [-0.4, -0.2) is 38.6 Å². The maximum absolute atomic E-state index is 13.0. The first-order valence-corrected chi connectivity index (χ1v) is 9.82. The molecule has 2 rings (SSSR count). The van der Waals surface area contributed by atoms with E-state index in [0.717, 1.165) is 10.5 Å². The molecule has 0 bridgehead atoms. The third-order valence-electron chi connectivity index (χ3n) is 4.19. The smallest absolute Gasteiger partial charge is 0.417 e. The number of nitrogens with one attached hydrogen (secondary N) is 1. The van der Waals surface area contributed by atoms with Gasteiger partial charge in [-0.25, -0.2) is 9.69 Å². The first-order valence-electron chi connectivity index (χ1n) is 9.03. The summed E-state index contributed by atoms with van der Waals surface area (Å²) in [5.74, 6) is -0.849. The Hall–Kier alpha value is -2.12. The first-order chi connectivity index (χ1) is 13.0. The zero-order valence-corrected chi connectivity index (χ0v) is 18.2. The highest BCUT2D eigenvalue weighted by atomic mass is 35.5. The topological polar surface area (TPSA) is 78.9 Å². The molecule has 2 amide bonds. The van der Waals surface area contributed by atoms with E-state index in [4.69, 9.17) is 28.6 Å². The molecule has 0 saturated heterocycles. The molecule has 8 heteroatoms. The van der Waals surface area contributed by atoms with Gasteiger partial charge in [0.25, 0.3) is 5.91 Å². The van der Waals surface area contributed by atoms with Crippen LogP contribution in [-0.2, 0) is 16.0 Å². The van der Waals surface area contributed by atoms with E-state index in [1.165, 1.54) is 0 Å². The lowest BCUT2D eigenvalue weighted by molar-refractivity contribution is -0.128. The van der Waals surface area contributed by atoms with Crippen LogP contribution >= 0.6 is 23.8 Å². The second-order valence-corrected chi connectivity index (χ2v) is 8.42. The molecule has 152 valence electrons. The minimum atomic E-state index is -0.769. The van der Waals surface area contributed by atoms with E-state index >= 15 is 0 Å². The van der Waals surface area contributed by atoms with Gasteiger partial charge in [-0.3, -0.25) is 4.79 Å². The number of amides is 2. The molecular weight excluding hydrogens is 400 g/mol. The average molecular weight is 425 g/mol. The van der Waals surface area contributed by atoms with Crippen molar-refractivity contribution in [3.05, 3.63) is 40.1 Å². The van der Waals surface area contributed by atoms with E-state index in [1.807, 2.05) is 6.92 Å². The van der Waals surface area contributed by atoms with Gasteiger partial charge in [0, 0.05) is 23.2 Å². The summed E-state index contributed by atoms with van der Waals surface area (Å²) < 4.78 is 5.33. The molecule has 0 fully saturated rings. The molecule has 0 saturated carbocycles. The Labute approximate surface area is 175 Å². The minimum absolute atomic E-state index is 0.0277. The molecule has 1 aliphatic rings. The summed E-state index contributed by atoms with van der Waals surface area (Å²) in [6.07, 6.45) is -0.0157. The van der Waals surface area contributed by atoms with Crippen molar-refractivity contribution in [2.45, 2.75) is 59.1 Å². The molecule has 1 aromatic rings. The number of aliphatic hydroxyl groups excluding tert-OH is 1. The number of imide groups is 1. The van der Waals surface area contributed by atoms with Crippen molar-refractivity contribution in [2.24, 2.45) is 0 Å².